The second-order valence-electron chi connectivity index (χ2n) is 7.16. The topological polar surface area (TPSA) is 110 Å². The summed E-state index contributed by atoms with van der Waals surface area (Å²) in [4.78, 5) is 32.5. The highest BCUT2D eigenvalue weighted by atomic mass is 32.1. The molecule has 1 unspecified atom stereocenters. The molecule has 0 saturated carbocycles. The molecule has 1 saturated heterocycles. The van der Waals surface area contributed by atoms with Crippen LogP contribution >= 0.6 is 11.3 Å². The molecule has 1 N–H and O–H groups in total. The molecule has 0 spiro atoms. The molecule has 1 atom stereocenters. The van der Waals surface area contributed by atoms with Crippen LogP contribution in [0.5, 0.6) is 0 Å². The summed E-state index contributed by atoms with van der Waals surface area (Å²) in [6, 6.07) is 0. The molecule has 0 aromatic carbocycles. The standard InChI is InChI=1S/C19H23N7O2S/c1-11-20-8-16(19-23-12(2)25-28-19)17(22-11)26-6-4-5-14(9-26)18(27)21-7-15-10-29-13(3)24-15/h8,10,14H,4-7,9H2,1-3H3,(H,21,27). The van der Waals surface area contributed by atoms with Gasteiger partial charge in [-0.1, -0.05) is 5.16 Å². The first-order valence-corrected chi connectivity index (χ1v) is 10.5. The summed E-state index contributed by atoms with van der Waals surface area (Å²) in [7, 11) is 0. The predicted octanol–water partition coefficient (Wildman–Crippen LogP) is 2.44. The third-order valence-corrected chi connectivity index (χ3v) is 5.67. The van der Waals surface area contributed by atoms with Gasteiger partial charge in [0.1, 0.15) is 17.2 Å². The van der Waals surface area contributed by atoms with E-state index in [-0.39, 0.29) is 11.8 Å². The van der Waals surface area contributed by atoms with Crippen LogP contribution in [0.3, 0.4) is 0 Å². The molecule has 3 aromatic heterocycles. The summed E-state index contributed by atoms with van der Waals surface area (Å²) in [5.74, 6) is 2.26. The van der Waals surface area contributed by atoms with Gasteiger partial charge in [-0.2, -0.15) is 4.98 Å². The van der Waals surface area contributed by atoms with Gasteiger partial charge in [-0.25, -0.2) is 15.0 Å². The van der Waals surface area contributed by atoms with Gasteiger partial charge in [0.2, 0.25) is 5.91 Å². The second-order valence-corrected chi connectivity index (χ2v) is 8.22. The third-order valence-electron chi connectivity index (χ3n) is 4.85. The Morgan fingerprint density at radius 3 is 2.86 bits per heavy atom. The number of hydrogen-bond donors (Lipinski definition) is 1. The van der Waals surface area contributed by atoms with Crippen LogP contribution < -0.4 is 10.2 Å². The smallest absolute Gasteiger partial charge is 0.263 e. The van der Waals surface area contributed by atoms with Crippen molar-refractivity contribution in [2.24, 2.45) is 5.92 Å². The first-order chi connectivity index (χ1) is 14.0. The minimum Gasteiger partial charge on any atom is -0.355 e. The Hall–Kier alpha value is -2.88. The lowest BCUT2D eigenvalue weighted by molar-refractivity contribution is -0.125. The molecule has 0 aliphatic carbocycles. The van der Waals surface area contributed by atoms with Gasteiger partial charge < -0.3 is 14.7 Å². The van der Waals surface area contributed by atoms with Crippen LogP contribution in [0, 0.1) is 26.7 Å². The molecule has 9 nitrogen and oxygen atoms in total. The summed E-state index contributed by atoms with van der Waals surface area (Å²) >= 11 is 1.59. The number of thiazole rings is 1. The van der Waals surface area contributed by atoms with Crippen molar-refractivity contribution in [3.05, 3.63) is 33.9 Å². The normalized spacial score (nSPS) is 16.8. The van der Waals surface area contributed by atoms with Crippen LogP contribution in [0.15, 0.2) is 16.1 Å². The number of carbonyl (C=O) groups excluding carboxylic acids is 1. The molecule has 29 heavy (non-hydrogen) atoms. The summed E-state index contributed by atoms with van der Waals surface area (Å²) in [6.07, 6.45) is 3.45. The number of rotatable bonds is 5. The Balaban J connectivity index is 1.49. The summed E-state index contributed by atoms with van der Waals surface area (Å²) in [5, 5.41) is 9.87. The zero-order chi connectivity index (χ0) is 20.4. The summed E-state index contributed by atoms with van der Waals surface area (Å²) in [5.41, 5.74) is 1.59. The van der Waals surface area contributed by atoms with Crippen LogP contribution in [0.25, 0.3) is 11.5 Å². The number of nitrogens with zero attached hydrogens (tertiary/aromatic N) is 6. The largest absolute Gasteiger partial charge is 0.355 e. The summed E-state index contributed by atoms with van der Waals surface area (Å²) in [6.45, 7) is 7.42. The quantitative estimate of drug-likeness (QED) is 0.679. The minimum absolute atomic E-state index is 0.0429. The van der Waals surface area contributed by atoms with E-state index >= 15 is 0 Å². The van der Waals surface area contributed by atoms with Crippen molar-refractivity contribution in [2.45, 2.75) is 40.2 Å². The number of amides is 1. The molecule has 1 aliphatic heterocycles. The van der Waals surface area contributed by atoms with Crippen molar-refractivity contribution >= 4 is 23.1 Å². The van der Waals surface area contributed by atoms with E-state index in [9.17, 15) is 4.79 Å². The number of carbonyl (C=O) groups is 1. The van der Waals surface area contributed by atoms with Crippen LogP contribution in [0.1, 0.15) is 35.2 Å². The van der Waals surface area contributed by atoms with E-state index in [1.807, 2.05) is 19.2 Å². The van der Waals surface area contributed by atoms with Crippen LogP contribution in [0.2, 0.25) is 0 Å². The van der Waals surface area contributed by atoms with Crippen molar-refractivity contribution in [3.8, 4) is 11.5 Å². The fourth-order valence-electron chi connectivity index (χ4n) is 3.45. The first-order valence-electron chi connectivity index (χ1n) is 9.57. The molecular formula is C19H23N7O2S. The molecule has 3 aromatic rings. The molecule has 1 amide bonds. The van der Waals surface area contributed by atoms with E-state index in [0.29, 0.717) is 36.2 Å². The first kappa shape index (κ1) is 19.4. The van der Waals surface area contributed by atoms with Gasteiger partial charge >= 0.3 is 0 Å². The molecule has 4 heterocycles. The van der Waals surface area contributed by atoms with Crippen LogP contribution in [0.4, 0.5) is 5.82 Å². The number of anilines is 1. The maximum absolute atomic E-state index is 12.7. The lowest BCUT2D eigenvalue weighted by atomic mass is 9.96. The van der Waals surface area contributed by atoms with Gasteiger partial charge in [-0.15, -0.1) is 11.3 Å². The molecule has 152 valence electrons. The molecule has 4 rings (SSSR count). The Labute approximate surface area is 172 Å². The monoisotopic (exact) mass is 413 g/mol. The van der Waals surface area contributed by atoms with E-state index in [4.69, 9.17) is 4.52 Å². The Bertz CT molecular complexity index is 1020. The number of hydrogen-bond acceptors (Lipinski definition) is 9. The van der Waals surface area contributed by atoms with Crippen molar-refractivity contribution in [3.63, 3.8) is 0 Å². The average Bonchev–Trinajstić information content (AvgIpc) is 3.34. The van der Waals surface area contributed by atoms with Crippen molar-refractivity contribution in [1.29, 1.82) is 0 Å². The number of aromatic nitrogens is 5. The number of aryl methyl sites for hydroxylation is 3. The zero-order valence-corrected chi connectivity index (χ0v) is 17.5. The van der Waals surface area contributed by atoms with Crippen molar-refractivity contribution in [1.82, 2.24) is 30.4 Å². The van der Waals surface area contributed by atoms with Gasteiger partial charge in [-0.05, 0) is 33.6 Å². The lowest BCUT2D eigenvalue weighted by Gasteiger charge is -2.33. The average molecular weight is 414 g/mol. The van der Waals surface area contributed by atoms with Gasteiger partial charge in [0.25, 0.3) is 5.89 Å². The minimum atomic E-state index is -0.115. The Morgan fingerprint density at radius 1 is 1.28 bits per heavy atom. The lowest BCUT2D eigenvalue weighted by Crippen LogP contribution is -2.43. The van der Waals surface area contributed by atoms with E-state index in [1.165, 1.54) is 0 Å². The highest BCUT2D eigenvalue weighted by molar-refractivity contribution is 7.09. The van der Waals surface area contributed by atoms with Gasteiger partial charge in [-0.3, -0.25) is 4.79 Å². The van der Waals surface area contributed by atoms with Crippen molar-refractivity contribution < 1.29 is 9.32 Å². The highest BCUT2D eigenvalue weighted by Gasteiger charge is 2.29. The molecule has 1 fully saturated rings. The molecule has 0 bridgehead atoms. The van der Waals surface area contributed by atoms with E-state index < -0.39 is 0 Å². The Kier molecular flexibility index (Phi) is 5.52. The third kappa shape index (κ3) is 4.42. The molecule has 0 radical (unpaired) electrons. The maximum atomic E-state index is 12.7. The van der Waals surface area contributed by atoms with Gasteiger partial charge in [0, 0.05) is 24.7 Å². The van der Waals surface area contributed by atoms with E-state index in [0.717, 1.165) is 35.9 Å². The van der Waals surface area contributed by atoms with Crippen LogP contribution in [-0.4, -0.2) is 44.1 Å². The zero-order valence-electron chi connectivity index (χ0n) is 16.7. The highest BCUT2D eigenvalue weighted by Crippen LogP contribution is 2.30. The molecule has 1 aliphatic rings. The molecule has 10 heteroatoms. The molecular weight excluding hydrogens is 390 g/mol. The second kappa shape index (κ2) is 8.24. The number of nitrogens with one attached hydrogen (secondary N) is 1. The fraction of sp³-hybridized carbons (Fsp3) is 0.474. The van der Waals surface area contributed by atoms with Gasteiger partial charge in [0.05, 0.1) is 23.2 Å². The SMILES string of the molecule is Cc1noc(-c2cnc(C)nc2N2CCCC(C(=O)NCc3csc(C)n3)C2)n1. The van der Waals surface area contributed by atoms with Crippen molar-refractivity contribution in [2.75, 3.05) is 18.0 Å². The van der Waals surface area contributed by atoms with E-state index in [2.05, 4.69) is 35.3 Å². The summed E-state index contributed by atoms with van der Waals surface area (Å²) < 4.78 is 5.33. The van der Waals surface area contributed by atoms with Gasteiger partial charge in [0.15, 0.2) is 5.82 Å². The predicted molar refractivity (Wildman–Crippen MR) is 108 cm³/mol. The number of piperidine rings is 1. The fourth-order valence-corrected chi connectivity index (χ4v) is 4.06. The maximum Gasteiger partial charge on any atom is 0.263 e. The Morgan fingerprint density at radius 2 is 2.14 bits per heavy atom. The van der Waals surface area contributed by atoms with E-state index in [1.54, 1.807) is 24.5 Å². The van der Waals surface area contributed by atoms with Crippen LogP contribution in [-0.2, 0) is 11.3 Å².